The highest BCUT2D eigenvalue weighted by molar-refractivity contribution is 5.71. The number of aliphatic hydroxyl groups excluding tert-OH is 1. The lowest BCUT2D eigenvalue weighted by molar-refractivity contribution is 0.282. The number of hydrogen-bond donors (Lipinski definition) is 1. The highest BCUT2D eigenvalue weighted by Crippen LogP contribution is 2.31. The van der Waals surface area contributed by atoms with Crippen LogP contribution in [0.4, 0.5) is 0 Å². The first kappa shape index (κ1) is 11.9. The summed E-state index contributed by atoms with van der Waals surface area (Å²) in [5.41, 5.74) is 4.68. The van der Waals surface area contributed by atoms with Crippen molar-refractivity contribution in [1.29, 1.82) is 0 Å². The Bertz CT molecular complexity index is 500. The Morgan fingerprint density at radius 3 is 2.12 bits per heavy atom. The van der Waals surface area contributed by atoms with Gasteiger partial charge in [0.1, 0.15) is 0 Å². The van der Waals surface area contributed by atoms with Crippen molar-refractivity contribution in [3.63, 3.8) is 0 Å². The first-order valence-corrected chi connectivity index (χ1v) is 6.02. The van der Waals surface area contributed by atoms with Crippen molar-refractivity contribution in [2.75, 3.05) is 0 Å². The number of rotatable bonds is 3. The quantitative estimate of drug-likeness (QED) is 0.839. The van der Waals surface area contributed by atoms with E-state index in [1.807, 2.05) is 18.2 Å². The molecule has 0 atom stereocenters. The smallest absolute Gasteiger partial charge is 0.0687 e. The molecule has 0 fully saturated rings. The molecule has 0 spiro atoms. The fourth-order valence-electron chi connectivity index (χ4n) is 2.17. The molecule has 2 aromatic rings. The summed E-state index contributed by atoms with van der Waals surface area (Å²) >= 11 is 0. The number of aliphatic hydroxyl groups is 1. The molecule has 0 aromatic heterocycles. The third-order valence-electron chi connectivity index (χ3n) is 3.06. The van der Waals surface area contributed by atoms with Crippen LogP contribution in [0.3, 0.4) is 0 Å². The van der Waals surface area contributed by atoms with Crippen LogP contribution in [0.15, 0.2) is 48.5 Å². The molecule has 0 aliphatic carbocycles. The molecule has 1 heteroatoms. The SMILES string of the molecule is CC(C)c1ccccc1-c1ccccc1CO. The van der Waals surface area contributed by atoms with Gasteiger partial charge in [0.2, 0.25) is 0 Å². The first-order valence-electron chi connectivity index (χ1n) is 6.02. The molecule has 2 rings (SSSR count). The van der Waals surface area contributed by atoms with Gasteiger partial charge in [0.25, 0.3) is 0 Å². The summed E-state index contributed by atoms with van der Waals surface area (Å²) in [6, 6.07) is 16.4. The van der Waals surface area contributed by atoms with Gasteiger partial charge in [-0.1, -0.05) is 62.4 Å². The second kappa shape index (κ2) is 5.15. The van der Waals surface area contributed by atoms with E-state index in [2.05, 4.69) is 44.2 Å². The zero-order valence-electron chi connectivity index (χ0n) is 10.4. The standard InChI is InChI=1S/C16H18O/c1-12(2)14-8-5-6-10-16(14)15-9-4-3-7-13(15)11-17/h3-10,12,17H,11H2,1-2H3. The summed E-state index contributed by atoms with van der Waals surface area (Å²) in [5.74, 6) is 0.484. The Hall–Kier alpha value is -1.60. The molecule has 88 valence electrons. The maximum Gasteiger partial charge on any atom is 0.0687 e. The van der Waals surface area contributed by atoms with Gasteiger partial charge in [0.15, 0.2) is 0 Å². The minimum absolute atomic E-state index is 0.0859. The first-order chi connectivity index (χ1) is 8.24. The molecule has 2 aromatic carbocycles. The van der Waals surface area contributed by atoms with Crippen molar-refractivity contribution in [3.8, 4) is 11.1 Å². The van der Waals surface area contributed by atoms with Crippen LogP contribution < -0.4 is 0 Å². The normalized spacial score (nSPS) is 10.8. The van der Waals surface area contributed by atoms with Gasteiger partial charge in [-0.2, -0.15) is 0 Å². The molecule has 0 aliphatic rings. The molecule has 1 nitrogen and oxygen atoms in total. The summed E-state index contributed by atoms with van der Waals surface area (Å²) in [4.78, 5) is 0. The third kappa shape index (κ3) is 2.40. The van der Waals surface area contributed by atoms with Crippen LogP contribution in [0.1, 0.15) is 30.9 Å². The summed E-state index contributed by atoms with van der Waals surface area (Å²) in [6.07, 6.45) is 0. The van der Waals surface area contributed by atoms with Gasteiger partial charge >= 0.3 is 0 Å². The van der Waals surface area contributed by atoms with E-state index in [1.54, 1.807) is 0 Å². The molecule has 0 saturated heterocycles. The van der Waals surface area contributed by atoms with Gasteiger partial charge in [-0.15, -0.1) is 0 Å². The predicted octanol–water partition coefficient (Wildman–Crippen LogP) is 3.97. The Balaban J connectivity index is 2.60. The average Bonchev–Trinajstić information content (AvgIpc) is 2.38. The molecule has 0 bridgehead atoms. The van der Waals surface area contributed by atoms with Crippen molar-refractivity contribution >= 4 is 0 Å². The van der Waals surface area contributed by atoms with Crippen molar-refractivity contribution in [3.05, 3.63) is 59.7 Å². The summed E-state index contributed by atoms with van der Waals surface area (Å²) in [5, 5.41) is 9.41. The minimum atomic E-state index is 0.0859. The second-order valence-electron chi connectivity index (χ2n) is 4.56. The van der Waals surface area contributed by atoms with Crippen molar-refractivity contribution < 1.29 is 5.11 Å². The van der Waals surface area contributed by atoms with Crippen LogP contribution in [-0.4, -0.2) is 5.11 Å². The molecule has 0 amide bonds. The zero-order valence-corrected chi connectivity index (χ0v) is 10.4. The maximum absolute atomic E-state index is 9.41. The van der Waals surface area contributed by atoms with Gasteiger partial charge in [0, 0.05) is 0 Å². The summed E-state index contributed by atoms with van der Waals surface area (Å²) in [6.45, 7) is 4.48. The third-order valence-corrected chi connectivity index (χ3v) is 3.06. The Kier molecular flexibility index (Phi) is 3.60. The minimum Gasteiger partial charge on any atom is -0.392 e. The van der Waals surface area contributed by atoms with Gasteiger partial charge in [-0.3, -0.25) is 0 Å². The van der Waals surface area contributed by atoms with Crippen molar-refractivity contribution in [1.82, 2.24) is 0 Å². The van der Waals surface area contributed by atoms with Crippen LogP contribution in [0, 0.1) is 0 Å². The van der Waals surface area contributed by atoms with Crippen LogP contribution in [0.5, 0.6) is 0 Å². The second-order valence-corrected chi connectivity index (χ2v) is 4.56. The average molecular weight is 226 g/mol. The van der Waals surface area contributed by atoms with Gasteiger partial charge in [-0.05, 0) is 28.2 Å². The largest absolute Gasteiger partial charge is 0.392 e. The summed E-state index contributed by atoms with van der Waals surface area (Å²) < 4.78 is 0. The fourth-order valence-corrected chi connectivity index (χ4v) is 2.17. The van der Waals surface area contributed by atoms with E-state index in [4.69, 9.17) is 0 Å². The molecular weight excluding hydrogens is 208 g/mol. The van der Waals surface area contributed by atoms with E-state index in [1.165, 1.54) is 11.1 Å². The maximum atomic E-state index is 9.41. The molecule has 1 N–H and O–H groups in total. The molecule has 0 radical (unpaired) electrons. The van der Waals surface area contributed by atoms with Crippen LogP contribution >= 0.6 is 0 Å². The molecule has 0 heterocycles. The van der Waals surface area contributed by atoms with E-state index in [9.17, 15) is 5.11 Å². The van der Waals surface area contributed by atoms with Gasteiger partial charge < -0.3 is 5.11 Å². The predicted molar refractivity (Wildman–Crippen MR) is 71.9 cm³/mol. The van der Waals surface area contributed by atoms with Gasteiger partial charge in [0.05, 0.1) is 6.61 Å². The van der Waals surface area contributed by atoms with Crippen LogP contribution in [-0.2, 0) is 6.61 Å². The monoisotopic (exact) mass is 226 g/mol. The molecule has 0 aliphatic heterocycles. The van der Waals surface area contributed by atoms with E-state index in [-0.39, 0.29) is 6.61 Å². The number of hydrogen-bond acceptors (Lipinski definition) is 1. The van der Waals surface area contributed by atoms with Crippen molar-refractivity contribution in [2.24, 2.45) is 0 Å². The zero-order chi connectivity index (χ0) is 12.3. The van der Waals surface area contributed by atoms with E-state index in [0.717, 1.165) is 11.1 Å². The lowest BCUT2D eigenvalue weighted by Crippen LogP contribution is -1.95. The fraction of sp³-hybridized carbons (Fsp3) is 0.250. The summed E-state index contributed by atoms with van der Waals surface area (Å²) in [7, 11) is 0. The Labute approximate surface area is 103 Å². The van der Waals surface area contributed by atoms with Crippen LogP contribution in [0.25, 0.3) is 11.1 Å². The Morgan fingerprint density at radius 2 is 1.47 bits per heavy atom. The van der Waals surface area contributed by atoms with E-state index in [0.29, 0.717) is 5.92 Å². The highest BCUT2D eigenvalue weighted by atomic mass is 16.3. The molecule has 17 heavy (non-hydrogen) atoms. The van der Waals surface area contributed by atoms with Crippen LogP contribution in [0.2, 0.25) is 0 Å². The van der Waals surface area contributed by atoms with Gasteiger partial charge in [-0.25, -0.2) is 0 Å². The molecular formula is C16H18O. The Morgan fingerprint density at radius 1 is 0.882 bits per heavy atom. The van der Waals surface area contributed by atoms with E-state index < -0.39 is 0 Å². The molecule has 0 unspecified atom stereocenters. The van der Waals surface area contributed by atoms with Crippen molar-refractivity contribution in [2.45, 2.75) is 26.4 Å². The topological polar surface area (TPSA) is 20.2 Å². The lowest BCUT2D eigenvalue weighted by atomic mass is 9.90. The highest BCUT2D eigenvalue weighted by Gasteiger charge is 2.10. The van der Waals surface area contributed by atoms with E-state index >= 15 is 0 Å². The lowest BCUT2D eigenvalue weighted by Gasteiger charge is -2.15. The molecule has 0 saturated carbocycles. The number of benzene rings is 2.